The molecule has 0 saturated heterocycles. The number of nitriles is 2. The van der Waals surface area contributed by atoms with Crippen molar-refractivity contribution in [2.24, 2.45) is 7.05 Å². The maximum absolute atomic E-state index is 11.8. The number of carbonyl (C=O) groups excluding carboxylic acids is 1. The van der Waals surface area contributed by atoms with E-state index in [2.05, 4.69) is 6.07 Å². The maximum Gasteiger partial charge on any atom is 0.349 e. The fraction of sp³-hybridized carbons (Fsp3) is 0.158. The van der Waals surface area contributed by atoms with Gasteiger partial charge in [-0.15, -0.1) is 0 Å². The topological polar surface area (TPSA) is 77.8 Å². The summed E-state index contributed by atoms with van der Waals surface area (Å²) in [6, 6.07) is 16.4. The first-order valence-electron chi connectivity index (χ1n) is 7.39. The Balaban J connectivity index is 2.64. The first-order valence-corrected chi connectivity index (χ1v) is 7.39. The second kappa shape index (κ2) is 7.71. The van der Waals surface area contributed by atoms with Gasteiger partial charge in [-0.25, -0.2) is 9.36 Å². The summed E-state index contributed by atoms with van der Waals surface area (Å²) < 4.78 is 6.73. The Morgan fingerprint density at radius 2 is 1.75 bits per heavy atom. The van der Waals surface area contributed by atoms with Gasteiger partial charge in [0.05, 0.1) is 6.61 Å². The van der Waals surface area contributed by atoms with Crippen LogP contribution in [0.1, 0.15) is 12.6 Å². The molecule has 0 radical (unpaired) electrons. The van der Waals surface area contributed by atoms with Gasteiger partial charge in [0, 0.05) is 12.1 Å². The third-order valence-corrected chi connectivity index (χ3v) is 3.48. The highest BCUT2D eigenvalue weighted by atomic mass is 16.5. The number of esters is 1. The second-order valence-electron chi connectivity index (χ2n) is 4.97. The summed E-state index contributed by atoms with van der Waals surface area (Å²) in [6.07, 6.45) is 1.86. The number of hydrogen-bond donors (Lipinski definition) is 0. The monoisotopic (exact) mass is 318 g/mol. The minimum atomic E-state index is -0.647. The van der Waals surface area contributed by atoms with E-state index < -0.39 is 5.97 Å². The van der Waals surface area contributed by atoms with Crippen LogP contribution in [0.3, 0.4) is 0 Å². The van der Waals surface area contributed by atoms with E-state index in [-0.39, 0.29) is 12.2 Å². The Labute approximate surface area is 140 Å². The molecule has 0 N–H and O–H groups in total. The second-order valence-corrected chi connectivity index (χ2v) is 4.97. The van der Waals surface area contributed by atoms with Gasteiger partial charge < -0.3 is 4.74 Å². The van der Waals surface area contributed by atoms with Crippen LogP contribution in [-0.4, -0.2) is 12.6 Å². The van der Waals surface area contributed by atoms with Crippen molar-refractivity contribution < 1.29 is 14.1 Å². The van der Waals surface area contributed by atoms with Crippen molar-refractivity contribution in [1.82, 2.24) is 0 Å². The first-order chi connectivity index (χ1) is 11.6. The van der Waals surface area contributed by atoms with Crippen LogP contribution >= 0.6 is 0 Å². The molecule has 1 aromatic heterocycles. The molecule has 0 aliphatic rings. The van der Waals surface area contributed by atoms with E-state index in [0.29, 0.717) is 16.0 Å². The van der Waals surface area contributed by atoms with Crippen molar-refractivity contribution in [2.75, 3.05) is 6.61 Å². The molecule has 0 fully saturated rings. The van der Waals surface area contributed by atoms with Gasteiger partial charge in [0.15, 0.2) is 6.20 Å². The SMILES string of the molecule is CCOC(=O)C(C#N)=c1ccc(=C(C#N)c2cccc[n+]2C)cc1. The van der Waals surface area contributed by atoms with Crippen LogP contribution in [0.5, 0.6) is 0 Å². The van der Waals surface area contributed by atoms with Crippen LogP contribution in [0, 0.1) is 22.7 Å². The molecule has 0 aliphatic heterocycles. The van der Waals surface area contributed by atoms with Gasteiger partial charge in [0.25, 0.3) is 0 Å². The summed E-state index contributed by atoms with van der Waals surface area (Å²) >= 11 is 0. The van der Waals surface area contributed by atoms with E-state index in [4.69, 9.17) is 10.00 Å². The number of benzene rings is 1. The predicted molar refractivity (Wildman–Crippen MR) is 87.1 cm³/mol. The number of aryl methyl sites for hydroxylation is 1. The number of rotatable bonds is 3. The van der Waals surface area contributed by atoms with E-state index in [9.17, 15) is 10.1 Å². The van der Waals surface area contributed by atoms with Crippen molar-refractivity contribution in [3.05, 3.63) is 64.8 Å². The van der Waals surface area contributed by atoms with E-state index in [1.165, 1.54) is 0 Å². The lowest BCUT2D eigenvalue weighted by atomic mass is 10.1. The van der Waals surface area contributed by atoms with Gasteiger partial charge in [-0.05, 0) is 23.4 Å². The molecule has 2 rings (SSSR count). The Bertz CT molecular complexity index is 955. The standard InChI is InChI=1S/C19H16N3O2/c1-3-24-19(23)17(13-21)15-9-7-14(8-10-15)16(12-20)18-6-4-5-11-22(18)2/h4-11H,3H2,1-2H3/q+1. The van der Waals surface area contributed by atoms with Crippen LogP contribution < -0.4 is 15.0 Å². The van der Waals surface area contributed by atoms with Crippen molar-refractivity contribution in [3.8, 4) is 12.1 Å². The van der Waals surface area contributed by atoms with E-state index in [1.807, 2.05) is 42.1 Å². The molecule has 0 amide bonds. The Morgan fingerprint density at radius 3 is 2.29 bits per heavy atom. The van der Waals surface area contributed by atoms with Gasteiger partial charge in [0.2, 0.25) is 5.69 Å². The van der Waals surface area contributed by atoms with Gasteiger partial charge in [-0.2, -0.15) is 10.5 Å². The van der Waals surface area contributed by atoms with Crippen LogP contribution in [0.15, 0.2) is 48.7 Å². The van der Waals surface area contributed by atoms with Gasteiger partial charge in [-0.3, -0.25) is 0 Å². The summed E-state index contributed by atoms with van der Waals surface area (Å²) in [5.74, 6) is -0.647. The normalized spacial score (nSPS) is 9.50. The lowest BCUT2D eigenvalue weighted by Gasteiger charge is -2.00. The lowest BCUT2D eigenvalue weighted by molar-refractivity contribution is -0.673. The molecule has 24 heavy (non-hydrogen) atoms. The molecule has 0 atom stereocenters. The minimum absolute atomic E-state index is 0.0489. The quantitative estimate of drug-likeness (QED) is 0.609. The van der Waals surface area contributed by atoms with Crippen LogP contribution in [0.4, 0.5) is 0 Å². The van der Waals surface area contributed by atoms with Gasteiger partial charge in [0.1, 0.15) is 30.3 Å². The van der Waals surface area contributed by atoms with E-state index >= 15 is 0 Å². The molecule has 0 saturated carbocycles. The zero-order chi connectivity index (χ0) is 17.5. The summed E-state index contributed by atoms with van der Waals surface area (Å²) in [7, 11) is 1.86. The van der Waals surface area contributed by atoms with E-state index in [0.717, 1.165) is 5.69 Å². The average molecular weight is 318 g/mol. The summed E-state index contributed by atoms with van der Waals surface area (Å²) in [4.78, 5) is 11.8. The smallest absolute Gasteiger partial charge is 0.349 e. The highest BCUT2D eigenvalue weighted by Crippen LogP contribution is 2.04. The molecule has 0 bridgehead atoms. The highest BCUT2D eigenvalue weighted by molar-refractivity contribution is 6.15. The van der Waals surface area contributed by atoms with Gasteiger partial charge >= 0.3 is 5.97 Å². The molecule has 0 aliphatic carbocycles. The average Bonchev–Trinajstić information content (AvgIpc) is 2.59. The fourth-order valence-electron chi connectivity index (χ4n) is 2.29. The zero-order valence-electron chi connectivity index (χ0n) is 13.5. The number of nitrogens with zero attached hydrogens (tertiary/aromatic N) is 3. The Morgan fingerprint density at radius 1 is 1.08 bits per heavy atom. The van der Waals surface area contributed by atoms with Crippen molar-refractivity contribution in [2.45, 2.75) is 6.92 Å². The molecular weight excluding hydrogens is 302 g/mol. The molecule has 0 unspecified atom stereocenters. The number of ether oxygens (including phenoxy) is 1. The third kappa shape index (κ3) is 3.48. The van der Waals surface area contributed by atoms with E-state index in [1.54, 1.807) is 31.2 Å². The molecular formula is C19H16N3O2+. The molecule has 118 valence electrons. The summed E-state index contributed by atoms with van der Waals surface area (Å²) in [5.41, 5.74) is 1.24. The molecule has 5 heteroatoms. The molecule has 2 aromatic rings. The van der Waals surface area contributed by atoms with Gasteiger partial charge in [-0.1, -0.05) is 24.3 Å². The molecule has 0 spiro atoms. The van der Waals surface area contributed by atoms with Crippen LogP contribution in [0.2, 0.25) is 0 Å². The Kier molecular flexibility index (Phi) is 5.44. The molecule has 1 aromatic carbocycles. The van der Waals surface area contributed by atoms with Crippen LogP contribution in [0.25, 0.3) is 11.1 Å². The zero-order valence-corrected chi connectivity index (χ0v) is 13.5. The van der Waals surface area contributed by atoms with Crippen molar-refractivity contribution >= 4 is 17.1 Å². The molecule has 1 heterocycles. The lowest BCUT2D eigenvalue weighted by Crippen LogP contribution is -2.33. The number of aromatic nitrogens is 1. The minimum Gasteiger partial charge on any atom is -0.462 e. The maximum atomic E-state index is 11.8. The first kappa shape index (κ1) is 16.9. The predicted octanol–water partition coefficient (Wildman–Crippen LogP) is 0.471. The number of carbonyl (C=O) groups is 1. The highest BCUT2D eigenvalue weighted by Gasteiger charge is 2.13. The molecule has 5 nitrogen and oxygen atoms in total. The van der Waals surface area contributed by atoms with Crippen LogP contribution in [-0.2, 0) is 16.6 Å². The van der Waals surface area contributed by atoms with Crippen molar-refractivity contribution in [3.63, 3.8) is 0 Å². The number of pyridine rings is 1. The number of hydrogen-bond acceptors (Lipinski definition) is 4. The largest absolute Gasteiger partial charge is 0.462 e. The fourth-order valence-corrected chi connectivity index (χ4v) is 2.29. The Hall–Kier alpha value is -3.44. The summed E-state index contributed by atoms with van der Waals surface area (Å²) in [6.45, 7) is 1.89. The third-order valence-electron chi connectivity index (χ3n) is 3.48. The van der Waals surface area contributed by atoms with Crippen molar-refractivity contribution in [1.29, 1.82) is 10.5 Å². The summed E-state index contributed by atoms with van der Waals surface area (Å²) in [5, 5.41) is 19.9.